The molecule has 1 rings (SSSR count). The Morgan fingerprint density at radius 3 is 2.54 bits per heavy atom. The van der Waals surface area contributed by atoms with Crippen LogP contribution in [0.3, 0.4) is 0 Å². The maximum Gasteiger partial charge on any atom is 0.295 e. The summed E-state index contributed by atoms with van der Waals surface area (Å²) in [6, 6.07) is 0. The smallest absolute Gasteiger partial charge is 0.295 e. The molecule has 0 bridgehead atoms. The maximum absolute atomic E-state index is 11.0. The van der Waals surface area contributed by atoms with E-state index in [1.165, 1.54) is 0 Å². The molecule has 13 heavy (non-hydrogen) atoms. The zero-order valence-corrected chi connectivity index (χ0v) is 6.57. The van der Waals surface area contributed by atoms with Crippen molar-refractivity contribution in [3.63, 3.8) is 0 Å². The standard InChI is InChI=1S/C7H7N3O3/c1-2-3-10(8)4-5(11)7(13)9-6(4)12/h1H,3,8H2,(H2,9,11,12,13). The van der Waals surface area contributed by atoms with Crippen LogP contribution in [0, 0.1) is 12.3 Å². The number of aliphatic hydroxyl groups excluding tert-OH is 1. The summed E-state index contributed by atoms with van der Waals surface area (Å²) in [4.78, 5) is 21.7. The molecule has 68 valence electrons. The van der Waals surface area contributed by atoms with Gasteiger partial charge in [0.2, 0.25) is 5.76 Å². The molecule has 1 aliphatic rings. The summed E-state index contributed by atoms with van der Waals surface area (Å²) in [5.74, 6) is 5.13. The minimum absolute atomic E-state index is 0.0694. The molecule has 0 radical (unpaired) electrons. The summed E-state index contributed by atoms with van der Waals surface area (Å²) < 4.78 is 0. The van der Waals surface area contributed by atoms with Gasteiger partial charge in [0.05, 0.1) is 6.54 Å². The lowest BCUT2D eigenvalue weighted by Crippen LogP contribution is -2.36. The van der Waals surface area contributed by atoms with Crippen molar-refractivity contribution in [1.29, 1.82) is 0 Å². The third-order valence-electron chi connectivity index (χ3n) is 1.43. The highest BCUT2D eigenvalue weighted by Gasteiger charge is 2.32. The van der Waals surface area contributed by atoms with Crippen molar-refractivity contribution in [3.05, 3.63) is 11.5 Å². The molecule has 0 spiro atoms. The highest BCUT2D eigenvalue weighted by Crippen LogP contribution is 2.10. The third-order valence-corrected chi connectivity index (χ3v) is 1.43. The van der Waals surface area contributed by atoms with Gasteiger partial charge in [-0.1, -0.05) is 5.92 Å². The lowest BCUT2D eigenvalue weighted by atomic mass is 10.4. The highest BCUT2D eigenvalue weighted by molar-refractivity contribution is 6.17. The quantitative estimate of drug-likeness (QED) is 0.202. The molecule has 0 atom stereocenters. The van der Waals surface area contributed by atoms with Crippen molar-refractivity contribution in [1.82, 2.24) is 10.3 Å². The number of nitrogens with zero attached hydrogens (tertiary/aromatic N) is 1. The number of terminal acetylenes is 1. The van der Waals surface area contributed by atoms with Gasteiger partial charge < -0.3 is 5.11 Å². The van der Waals surface area contributed by atoms with Crippen LogP contribution in [0.4, 0.5) is 0 Å². The maximum atomic E-state index is 11.0. The Hall–Kier alpha value is -2.00. The molecule has 0 saturated carbocycles. The van der Waals surface area contributed by atoms with Gasteiger partial charge in [-0.25, -0.2) is 5.84 Å². The first-order valence-corrected chi connectivity index (χ1v) is 3.32. The molecule has 0 fully saturated rings. The second-order valence-corrected chi connectivity index (χ2v) is 2.31. The molecule has 6 heteroatoms. The van der Waals surface area contributed by atoms with Gasteiger partial charge in [-0.05, 0) is 0 Å². The van der Waals surface area contributed by atoms with Crippen molar-refractivity contribution < 1.29 is 14.7 Å². The molecule has 0 aliphatic carbocycles. The van der Waals surface area contributed by atoms with E-state index in [0.29, 0.717) is 0 Å². The molecule has 0 saturated heterocycles. The lowest BCUT2D eigenvalue weighted by Gasteiger charge is -2.13. The molecule has 0 aromatic heterocycles. The van der Waals surface area contributed by atoms with Crippen molar-refractivity contribution in [2.24, 2.45) is 5.84 Å². The second kappa shape index (κ2) is 3.16. The van der Waals surface area contributed by atoms with Crippen LogP contribution in [0.2, 0.25) is 0 Å². The van der Waals surface area contributed by atoms with Gasteiger partial charge in [0, 0.05) is 0 Å². The summed E-state index contributed by atoms with van der Waals surface area (Å²) in [6.45, 7) is -0.0694. The summed E-state index contributed by atoms with van der Waals surface area (Å²) >= 11 is 0. The predicted octanol–water partition coefficient (Wildman–Crippen LogP) is -1.78. The van der Waals surface area contributed by atoms with Crippen LogP contribution in [0.1, 0.15) is 0 Å². The van der Waals surface area contributed by atoms with Crippen LogP contribution in [0.25, 0.3) is 0 Å². The van der Waals surface area contributed by atoms with Crippen LogP contribution >= 0.6 is 0 Å². The fraction of sp³-hybridized carbons (Fsp3) is 0.143. The molecule has 4 N–H and O–H groups in total. The van der Waals surface area contributed by atoms with Gasteiger partial charge in [-0.2, -0.15) is 0 Å². The molecular weight excluding hydrogens is 174 g/mol. The Morgan fingerprint density at radius 1 is 1.54 bits per heavy atom. The van der Waals surface area contributed by atoms with E-state index in [1.807, 2.05) is 5.32 Å². The molecule has 1 aliphatic heterocycles. The number of rotatable bonds is 2. The van der Waals surface area contributed by atoms with E-state index < -0.39 is 17.6 Å². The SMILES string of the molecule is C#CCN(N)C1=C(O)C(=O)NC1=O. The third kappa shape index (κ3) is 1.45. The second-order valence-electron chi connectivity index (χ2n) is 2.31. The van der Waals surface area contributed by atoms with Gasteiger partial charge in [0.25, 0.3) is 11.8 Å². The van der Waals surface area contributed by atoms with E-state index in [2.05, 4.69) is 5.92 Å². The van der Waals surface area contributed by atoms with E-state index in [-0.39, 0.29) is 12.2 Å². The first kappa shape index (κ1) is 9.09. The van der Waals surface area contributed by atoms with Crippen LogP contribution in [0.5, 0.6) is 0 Å². The minimum Gasteiger partial charge on any atom is -0.501 e. The number of imide groups is 1. The molecule has 0 aromatic carbocycles. The van der Waals surface area contributed by atoms with Crippen LogP contribution in [-0.4, -0.2) is 28.5 Å². The van der Waals surface area contributed by atoms with E-state index in [0.717, 1.165) is 5.01 Å². The van der Waals surface area contributed by atoms with Gasteiger partial charge in [0.15, 0.2) is 5.70 Å². The van der Waals surface area contributed by atoms with Crippen molar-refractivity contribution >= 4 is 11.8 Å². The van der Waals surface area contributed by atoms with Crippen molar-refractivity contribution in [3.8, 4) is 12.3 Å². The van der Waals surface area contributed by atoms with Gasteiger partial charge in [-0.3, -0.25) is 19.9 Å². The van der Waals surface area contributed by atoms with E-state index >= 15 is 0 Å². The Balaban J connectivity index is 2.96. The molecule has 0 aromatic rings. The van der Waals surface area contributed by atoms with E-state index in [1.54, 1.807) is 0 Å². The number of carbonyl (C=O) groups excluding carboxylic acids is 2. The first-order chi connectivity index (χ1) is 6.07. The van der Waals surface area contributed by atoms with Gasteiger partial charge in [0.1, 0.15) is 0 Å². The number of aliphatic hydroxyl groups is 1. The number of hydrazine groups is 1. The number of nitrogens with one attached hydrogen (secondary N) is 1. The van der Waals surface area contributed by atoms with Crippen LogP contribution in [0.15, 0.2) is 11.5 Å². The average molecular weight is 181 g/mol. The zero-order valence-electron chi connectivity index (χ0n) is 6.57. The summed E-state index contributed by atoms with van der Waals surface area (Å²) in [6.07, 6.45) is 4.93. The molecule has 2 amide bonds. The topological polar surface area (TPSA) is 95.7 Å². The molecule has 6 nitrogen and oxygen atoms in total. The number of nitrogens with two attached hydrogens (primary N) is 1. The van der Waals surface area contributed by atoms with E-state index in [4.69, 9.17) is 17.4 Å². The number of amides is 2. The number of hydrogen-bond donors (Lipinski definition) is 3. The first-order valence-electron chi connectivity index (χ1n) is 3.32. The average Bonchev–Trinajstić information content (AvgIpc) is 2.27. The molecule has 1 heterocycles. The number of hydrogen-bond acceptors (Lipinski definition) is 5. The fourth-order valence-electron chi connectivity index (χ4n) is 0.880. The Bertz CT molecular complexity index is 339. The lowest BCUT2D eigenvalue weighted by molar-refractivity contribution is -0.125. The van der Waals surface area contributed by atoms with Crippen LogP contribution in [-0.2, 0) is 9.59 Å². The predicted molar refractivity (Wildman–Crippen MR) is 42.5 cm³/mol. The molecule has 0 unspecified atom stereocenters. The van der Waals surface area contributed by atoms with E-state index in [9.17, 15) is 9.59 Å². The Morgan fingerprint density at radius 2 is 2.15 bits per heavy atom. The minimum atomic E-state index is -0.868. The Labute approximate surface area is 74.0 Å². The van der Waals surface area contributed by atoms with Crippen molar-refractivity contribution in [2.75, 3.05) is 6.54 Å². The summed E-state index contributed by atoms with van der Waals surface area (Å²) in [7, 11) is 0. The number of carbonyl (C=O) groups is 2. The summed E-state index contributed by atoms with van der Waals surface area (Å²) in [5.41, 5.74) is -0.303. The van der Waals surface area contributed by atoms with Crippen LogP contribution < -0.4 is 11.2 Å². The zero-order chi connectivity index (χ0) is 10.0. The largest absolute Gasteiger partial charge is 0.501 e. The molecular formula is C7H7N3O3. The fourth-order valence-corrected chi connectivity index (χ4v) is 0.880. The van der Waals surface area contributed by atoms with Gasteiger partial charge in [-0.15, -0.1) is 6.42 Å². The Kier molecular flexibility index (Phi) is 2.21. The monoisotopic (exact) mass is 181 g/mol. The normalized spacial score (nSPS) is 15.7. The van der Waals surface area contributed by atoms with Crippen molar-refractivity contribution in [2.45, 2.75) is 0 Å². The van der Waals surface area contributed by atoms with Gasteiger partial charge >= 0.3 is 0 Å². The highest BCUT2D eigenvalue weighted by atomic mass is 16.3. The summed E-state index contributed by atoms with van der Waals surface area (Å²) in [5, 5.41) is 11.8.